The van der Waals surface area contributed by atoms with E-state index in [1.54, 1.807) is 19.1 Å². The zero-order valence-corrected chi connectivity index (χ0v) is 8.98. The van der Waals surface area contributed by atoms with Gasteiger partial charge in [-0.15, -0.1) is 0 Å². The summed E-state index contributed by atoms with van der Waals surface area (Å²) in [5, 5.41) is 0. The van der Waals surface area contributed by atoms with Gasteiger partial charge in [0.05, 0.1) is 0 Å². The van der Waals surface area contributed by atoms with Gasteiger partial charge in [0.2, 0.25) is 0 Å². The monoisotopic (exact) mass is 278 g/mol. The van der Waals surface area contributed by atoms with E-state index in [2.05, 4.69) is 0 Å². The molecule has 0 heterocycles. The maximum Gasteiger partial charge on any atom is 0.160 e. The molecule has 1 aromatic rings. The van der Waals surface area contributed by atoms with E-state index in [0.29, 0.717) is 14.7 Å². The second-order valence-corrected chi connectivity index (χ2v) is 3.75. The van der Waals surface area contributed by atoms with Crippen molar-refractivity contribution in [2.45, 2.75) is 13.8 Å². The number of carbonyl (C=O) groups is 1. The molecule has 0 radical (unpaired) electrons. The summed E-state index contributed by atoms with van der Waals surface area (Å²) in [5.41, 5.74) is 0.905. The van der Waals surface area contributed by atoms with Gasteiger partial charge in [-0.05, 0) is 54.1 Å². The molecule has 0 aliphatic rings. The van der Waals surface area contributed by atoms with Gasteiger partial charge in [0, 0.05) is 9.13 Å². The molecule has 0 N–H and O–H groups in total. The van der Waals surface area contributed by atoms with E-state index in [9.17, 15) is 9.18 Å². The average Bonchev–Trinajstić information content (AvgIpc) is 2.00. The van der Waals surface area contributed by atoms with Gasteiger partial charge in [-0.25, -0.2) is 4.39 Å². The van der Waals surface area contributed by atoms with Gasteiger partial charge in [0.1, 0.15) is 5.82 Å². The van der Waals surface area contributed by atoms with E-state index in [1.165, 1.54) is 6.92 Å². The molecule has 0 bridgehead atoms. The summed E-state index contributed by atoms with van der Waals surface area (Å²) in [6.45, 7) is 3.06. The lowest BCUT2D eigenvalue weighted by Gasteiger charge is -2.03. The third-order valence-corrected chi connectivity index (χ3v) is 2.55. The Labute approximate surface area is 84.1 Å². The third kappa shape index (κ3) is 1.65. The highest BCUT2D eigenvalue weighted by Gasteiger charge is 2.10. The summed E-state index contributed by atoms with van der Waals surface area (Å²) in [4.78, 5) is 11.0. The first-order valence-electron chi connectivity index (χ1n) is 3.49. The predicted octanol–water partition coefficient (Wildman–Crippen LogP) is 2.94. The Hall–Kier alpha value is -0.450. The summed E-state index contributed by atoms with van der Waals surface area (Å²) in [6, 6.07) is 3.27. The molecule has 0 aliphatic carbocycles. The van der Waals surface area contributed by atoms with Crippen LogP contribution in [0.4, 0.5) is 4.39 Å². The van der Waals surface area contributed by atoms with Crippen LogP contribution in [0.1, 0.15) is 22.8 Å². The molecule has 0 atom stereocenters. The molecular formula is C9H8FIO. The lowest BCUT2D eigenvalue weighted by Crippen LogP contribution is -1.99. The zero-order valence-electron chi connectivity index (χ0n) is 6.82. The molecule has 3 heteroatoms. The zero-order chi connectivity index (χ0) is 9.30. The lowest BCUT2D eigenvalue weighted by molar-refractivity contribution is 0.101. The molecule has 0 fully saturated rings. The Morgan fingerprint density at radius 3 is 2.58 bits per heavy atom. The molecule has 64 valence electrons. The first-order valence-corrected chi connectivity index (χ1v) is 4.57. The first-order chi connectivity index (χ1) is 5.54. The predicted molar refractivity (Wildman–Crippen MR) is 53.9 cm³/mol. The molecule has 12 heavy (non-hydrogen) atoms. The number of carbonyl (C=O) groups excluding carboxylic acids is 1. The van der Waals surface area contributed by atoms with Crippen molar-refractivity contribution in [1.82, 2.24) is 0 Å². The first kappa shape index (κ1) is 9.64. The van der Waals surface area contributed by atoms with Crippen molar-refractivity contribution in [2.75, 3.05) is 0 Å². The van der Waals surface area contributed by atoms with Crippen molar-refractivity contribution in [3.63, 3.8) is 0 Å². The number of hydrogen-bond acceptors (Lipinski definition) is 1. The van der Waals surface area contributed by atoms with E-state index >= 15 is 0 Å². The van der Waals surface area contributed by atoms with Gasteiger partial charge in [0.15, 0.2) is 5.78 Å². The van der Waals surface area contributed by atoms with Crippen LogP contribution >= 0.6 is 22.6 Å². The van der Waals surface area contributed by atoms with Crippen molar-refractivity contribution in [3.05, 3.63) is 32.6 Å². The fourth-order valence-corrected chi connectivity index (χ4v) is 1.62. The molecule has 0 saturated heterocycles. The number of rotatable bonds is 1. The van der Waals surface area contributed by atoms with Gasteiger partial charge in [-0.3, -0.25) is 4.79 Å². The summed E-state index contributed by atoms with van der Waals surface area (Å²) >= 11 is 1.90. The Morgan fingerprint density at radius 2 is 2.08 bits per heavy atom. The normalized spacial score (nSPS) is 10.0. The minimum absolute atomic E-state index is 0.0946. The Bertz CT molecular complexity index is 334. The highest BCUT2D eigenvalue weighted by Crippen LogP contribution is 2.18. The maximum atomic E-state index is 13.2. The van der Waals surface area contributed by atoms with Crippen molar-refractivity contribution in [2.24, 2.45) is 0 Å². The highest BCUT2D eigenvalue weighted by molar-refractivity contribution is 14.1. The van der Waals surface area contributed by atoms with E-state index in [0.717, 1.165) is 0 Å². The van der Waals surface area contributed by atoms with Crippen LogP contribution in [0.15, 0.2) is 12.1 Å². The Kier molecular flexibility index (Phi) is 2.82. The molecule has 0 amide bonds. The Morgan fingerprint density at radius 1 is 1.50 bits per heavy atom. The molecule has 0 unspecified atom stereocenters. The fraction of sp³-hybridized carbons (Fsp3) is 0.222. The fourth-order valence-electron chi connectivity index (χ4n) is 1.03. The summed E-state index contributed by atoms with van der Waals surface area (Å²) < 4.78 is 13.7. The van der Waals surface area contributed by atoms with Crippen LogP contribution in [0.3, 0.4) is 0 Å². The molecule has 0 spiro atoms. The number of halogens is 2. The van der Waals surface area contributed by atoms with Crippen LogP contribution < -0.4 is 0 Å². The molecule has 1 rings (SSSR count). The topological polar surface area (TPSA) is 17.1 Å². The average molecular weight is 278 g/mol. The van der Waals surface area contributed by atoms with Crippen LogP contribution in [0.25, 0.3) is 0 Å². The van der Waals surface area contributed by atoms with Gasteiger partial charge in [-0.1, -0.05) is 0 Å². The van der Waals surface area contributed by atoms with E-state index in [4.69, 9.17) is 0 Å². The van der Waals surface area contributed by atoms with Crippen molar-refractivity contribution in [3.8, 4) is 0 Å². The second kappa shape index (κ2) is 3.51. The summed E-state index contributed by atoms with van der Waals surface area (Å²) in [5.74, 6) is -0.383. The smallest absolute Gasteiger partial charge is 0.160 e. The molecular weight excluding hydrogens is 270 g/mol. The molecule has 0 aromatic heterocycles. The molecule has 1 nitrogen and oxygen atoms in total. The molecule has 0 aliphatic heterocycles. The van der Waals surface area contributed by atoms with Crippen LogP contribution in [0, 0.1) is 16.3 Å². The second-order valence-electron chi connectivity index (χ2n) is 2.59. The molecule has 0 saturated carbocycles. The van der Waals surface area contributed by atoms with Crippen molar-refractivity contribution < 1.29 is 9.18 Å². The number of Topliss-reactive ketones (excluding diaryl/α,β-unsaturated/α-hetero) is 1. The van der Waals surface area contributed by atoms with E-state index in [-0.39, 0.29) is 11.6 Å². The number of ketones is 1. The van der Waals surface area contributed by atoms with Crippen LogP contribution in [0.5, 0.6) is 0 Å². The largest absolute Gasteiger partial charge is 0.294 e. The van der Waals surface area contributed by atoms with Gasteiger partial charge in [-0.2, -0.15) is 0 Å². The van der Waals surface area contributed by atoms with Gasteiger partial charge in [0.25, 0.3) is 0 Å². The van der Waals surface area contributed by atoms with Crippen LogP contribution in [-0.2, 0) is 0 Å². The van der Waals surface area contributed by atoms with E-state index in [1.807, 2.05) is 22.6 Å². The SMILES string of the molecule is CC(=O)c1ccc(I)c(F)c1C. The van der Waals surface area contributed by atoms with Crippen molar-refractivity contribution >= 4 is 28.4 Å². The quantitative estimate of drug-likeness (QED) is 0.570. The maximum absolute atomic E-state index is 13.2. The lowest BCUT2D eigenvalue weighted by atomic mass is 10.1. The third-order valence-electron chi connectivity index (χ3n) is 1.72. The highest BCUT2D eigenvalue weighted by atomic mass is 127. The van der Waals surface area contributed by atoms with Crippen LogP contribution in [0.2, 0.25) is 0 Å². The minimum Gasteiger partial charge on any atom is -0.294 e. The minimum atomic E-state index is -0.289. The summed E-state index contributed by atoms with van der Waals surface area (Å²) in [6.07, 6.45) is 0. The van der Waals surface area contributed by atoms with Crippen molar-refractivity contribution in [1.29, 1.82) is 0 Å². The Balaban J connectivity index is 3.36. The number of benzene rings is 1. The number of hydrogen-bond donors (Lipinski definition) is 0. The summed E-state index contributed by atoms with van der Waals surface area (Å²) in [7, 11) is 0. The van der Waals surface area contributed by atoms with Gasteiger partial charge >= 0.3 is 0 Å². The van der Waals surface area contributed by atoms with Crippen LogP contribution in [-0.4, -0.2) is 5.78 Å². The van der Waals surface area contributed by atoms with Gasteiger partial charge < -0.3 is 0 Å². The van der Waals surface area contributed by atoms with E-state index < -0.39 is 0 Å². The standard InChI is InChI=1S/C9H8FIO/c1-5-7(6(2)12)3-4-8(11)9(5)10/h3-4H,1-2H3. The molecule has 1 aromatic carbocycles.